The fourth-order valence-electron chi connectivity index (χ4n) is 3.34. The molecular weight excluding hydrogens is 378 g/mol. The van der Waals surface area contributed by atoms with Crippen molar-refractivity contribution in [2.75, 3.05) is 18.4 Å². The Morgan fingerprint density at radius 2 is 2.07 bits per heavy atom. The van der Waals surface area contributed by atoms with Gasteiger partial charge in [-0.25, -0.2) is 9.44 Å². The van der Waals surface area contributed by atoms with E-state index in [0.29, 0.717) is 18.2 Å². The highest BCUT2D eigenvalue weighted by atomic mass is 32.2. The number of allylic oxidation sites excluding steroid dienone is 1. The van der Waals surface area contributed by atoms with Gasteiger partial charge in [0.2, 0.25) is 5.95 Å². The molecular formula is C19H29N5O3S. The number of nitrogens with one attached hydrogen (secondary N) is 2. The lowest BCUT2D eigenvalue weighted by molar-refractivity contribution is 0.134. The minimum atomic E-state index is -3.67. The predicted octanol–water partition coefficient (Wildman–Crippen LogP) is 3.24. The van der Waals surface area contributed by atoms with Crippen LogP contribution >= 0.6 is 0 Å². The van der Waals surface area contributed by atoms with Gasteiger partial charge in [0.15, 0.2) is 5.65 Å². The van der Waals surface area contributed by atoms with Crippen molar-refractivity contribution in [2.45, 2.75) is 51.9 Å². The van der Waals surface area contributed by atoms with Crippen molar-refractivity contribution >= 4 is 21.8 Å². The van der Waals surface area contributed by atoms with Crippen LogP contribution in [0.15, 0.2) is 24.9 Å². The van der Waals surface area contributed by atoms with Gasteiger partial charge in [0.05, 0.1) is 6.61 Å². The molecule has 1 fully saturated rings. The Hall–Kier alpha value is -2.13. The molecule has 2 aromatic rings. The summed E-state index contributed by atoms with van der Waals surface area (Å²) in [6.45, 7) is 8.86. The lowest BCUT2D eigenvalue weighted by Crippen LogP contribution is -2.27. The van der Waals surface area contributed by atoms with Crippen molar-refractivity contribution < 1.29 is 13.2 Å². The molecule has 1 aliphatic rings. The van der Waals surface area contributed by atoms with Gasteiger partial charge >= 0.3 is 10.2 Å². The monoisotopic (exact) mass is 407 g/mol. The summed E-state index contributed by atoms with van der Waals surface area (Å²) in [6.07, 6.45) is 8.97. The van der Waals surface area contributed by atoms with Gasteiger partial charge in [-0.2, -0.15) is 8.42 Å². The quantitative estimate of drug-likeness (QED) is 0.557. The molecule has 0 aliphatic heterocycles. The van der Waals surface area contributed by atoms with Crippen LogP contribution in [0.1, 0.15) is 57.4 Å². The summed E-state index contributed by atoms with van der Waals surface area (Å²) < 4.78 is 36.2. The van der Waals surface area contributed by atoms with Gasteiger partial charge in [-0.1, -0.05) is 19.9 Å². The number of rotatable bonds is 11. The van der Waals surface area contributed by atoms with Crippen molar-refractivity contribution in [1.29, 1.82) is 0 Å². The minimum Gasteiger partial charge on any atom is -0.493 e. The zero-order valence-corrected chi connectivity index (χ0v) is 17.6. The maximum absolute atomic E-state index is 11.8. The van der Waals surface area contributed by atoms with E-state index >= 15 is 0 Å². The summed E-state index contributed by atoms with van der Waals surface area (Å²) in [7, 11) is -2.33. The van der Waals surface area contributed by atoms with Crippen LogP contribution in [0.25, 0.3) is 5.65 Å². The van der Waals surface area contributed by atoms with Crippen molar-refractivity contribution in [3.8, 4) is 5.75 Å². The number of ether oxygens (including phenoxy) is 1. The van der Waals surface area contributed by atoms with Crippen LogP contribution in [-0.4, -0.2) is 36.7 Å². The van der Waals surface area contributed by atoms with E-state index in [-0.39, 0.29) is 11.4 Å². The number of nitrogens with zero attached hydrogens (tertiary/aromatic N) is 3. The highest BCUT2D eigenvalue weighted by Gasteiger charge is 2.31. The molecule has 2 heterocycles. The zero-order chi connectivity index (χ0) is 20.4. The SMILES string of the molecule is C=CCC(CC)(CC)COc1cc2nnc(NS(=O)(=O)NC)n2cc1C1CC1. The van der Waals surface area contributed by atoms with Gasteiger partial charge in [-0.3, -0.25) is 4.40 Å². The van der Waals surface area contributed by atoms with E-state index in [9.17, 15) is 8.42 Å². The Labute approximate surface area is 166 Å². The second-order valence-electron chi connectivity index (χ2n) is 7.42. The third-order valence-corrected chi connectivity index (χ3v) is 6.65. The normalized spacial score (nSPS) is 15.0. The van der Waals surface area contributed by atoms with E-state index in [2.05, 4.69) is 40.1 Å². The predicted molar refractivity (Wildman–Crippen MR) is 110 cm³/mol. The van der Waals surface area contributed by atoms with Crippen LogP contribution in [-0.2, 0) is 10.2 Å². The molecule has 0 amide bonds. The van der Waals surface area contributed by atoms with Gasteiger partial charge in [0, 0.05) is 30.3 Å². The maximum atomic E-state index is 11.8. The molecule has 0 spiro atoms. The number of anilines is 1. The van der Waals surface area contributed by atoms with Gasteiger partial charge in [-0.05, 0) is 38.0 Å². The smallest absolute Gasteiger partial charge is 0.301 e. The van der Waals surface area contributed by atoms with E-state index in [1.54, 1.807) is 4.40 Å². The third-order valence-electron chi connectivity index (χ3n) is 5.66. The molecule has 9 heteroatoms. The average Bonchev–Trinajstić information content (AvgIpc) is 3.47. The van der Waals surface area contributed by atoms with Crippen LogP contribution in [0.3, 0.4) is 0 Å². The number of hydrogen-bond donors (Lipinski definition) is 2. The molecule has 2 N–H and O–H groups in total. The first-order chi connectivity index (χ1) is 13.4. The lowest BCUT2D eigenvalue weighted by Gasteiger charge is -2.30. The fourth-order valence-corrected chi connectivity index (χ4v) is 3.82. The summed E-state index contributed by atoms with van der Waals surface area (Å²) in [5.41, 5.74) is 1.67. The van der Waals surface area contributed by atoms with Gasteiger partial charge in [0.25, 0.3) is 0 Å². The van der Waals surface area contributed by atoms with E-state index in [1.165, 1.54) is 7.05 Å². The molecule has 0 radical (unpaired) electrons. The van der Waals surface area contributed by atoms with Crippen LogP contribution < -0.4 is 14.2 Å². The Kier molecular flexibility index (Phi) is 5.95. The first kappa shape index (κ1) is 20.6. The van der Waals surface area contributed by atoms with E-state index in [4.69, 9.17) is 4.74 Å². The van der Waals surface area contributed by atoms with Crippen LogP contribution in [0.5, 0.6) is 5.75 Å². The molecule has 0 unspecified atom stereocenters. The number of pyridine rings is 1. The number of hydrogen-bond acceptors (Lipinski definition) is 5. The zero-order valence-electron chi connectivity index (χ0n) is 16.7. The van der Waals surface area contributed by atoms with Crippen molar-refractivity contribution in [2.24, 2.45) is 5.41 Å². The molecule has 154 valence electrons. The number of fused-ring (bicyclic) bond motifs is 1. The van der Waals surface area contributed by atoms with Crippen molar-refractivity contribution in [3.63, 3.8) is 0 Å². The Balaban J connectivity index is 1.93. The molecule has 28 heavy (non-hydrogen) atoms. The second-order valence-corrected chi connectivity index (χ2v) is 9.04. The van der Waals surface area contributed by atoms with Crippen molar-refractivity contribution in [1.82, 2.24) is 19.3 Å². The Morgan fingerprint density at radius 1 is 1.36 bits per heavy atom. The summed E-state index contributed by atoms with van der Waals surface area (Å²) in [5, 5.41) is 8.08. The molecule has 1 aliphatic carbocycles. The van der Waals surface area contributed by atoms with Crippen LogP contribution in [0.4, 0.5) is 5.95 Å². The van der Waals surface area contributed by atoms with E-state index < -0.39 is 10.2 Å². The molecule has 2 aromatic heterocycles. The summed E-state index contributed by atoms with van der Waals surface area (Å²) in [4.78, 5) is 0. The van der Waals surface area contributed by atoms with Crippen molar-refractivity contribution in [3.05, 3.63) is 30.5 Å². The Bertz CT molecular complexity index is 946. The largest absolute Gasteiger partial charge is 0.493 e. The highest BCUT2D eigenvalue weighted by Crippen LogP contribution is 2.45. The third kappa shape index (κ3) is 4.30. The van der Waals surface area contributed by atoms with Crippen LogP contribution in [0.2, 0.25) is 0 Å². The first-order valence-electron chi connectivity index (χ1n) is 9.70. The standard InChI is InChI=1S/C19H29N5O3S/c1-5-10-19(6-2,7-3)13-27-16-11-17-21-22-18(23-28(25,26)20-4)24(17)12-15(16)14-8-9-14/h5,11-12,14,20H,1,6-10,13H2,2-4H3,(H,22,23). The maximum Gasteiger partial charge on any atom is 0.301 e. The first-order valence-corrected chi connectivity index (χ1v) is 11.2. The molecule has 3 rings (SSSR count). The van der Waals surface area contributed by atoms with Crippen LogP contribution in [0, 0.1) is 5.41 Å². The van der Waals surface area contributed by atoms with Gasteiger partial charge < -0.3 is 4.74 Å². The molecule has 8 nitrogen and oxygen atoms in total. The summed E-state index contributed by atoms with van der Waals surface area (Å²) in [5.74, 6) is 1.38. The van der Waals surface area contributed by atoms with E-state index in [1.807, 2.05) is 18.3 Å². The van der Waals surface area contributed by atoms with E-state index in [0.717, 1.165) is 43.4 Å². The second kappa shape index (κ2) is 8.08. The highest BCUT2D eigenvalue weighted by molar-refractivity contribution is 7.90. The number of aromatic nitrogens is 3. The lowest BCUT2D eigenvalue weighted by atomic mass is 9.80. The molecule has 1 saturated carbocycles. The minimum absolute atomic E-state index is 0.0654. The van der Waals surface area contributed by atoms with Gasteiger partial charge in [-0.15, -0.1) is 16.8 Å². The molecule has 0 bridgehead atoms. The molecule has 0 saturated heterocycles. The molecule has 0 aromatic carbocycles. The fraction of sp³-hybridized carbons (Fsp3) is 0.579. The average molecular weight is 408 g/mol. The summed E-state index contributed by atoms with van der Waals surface area (Å²) >= 11 is 0. The molecule has 0 atom stereocenters. The van der Waals surface area contributed by atoms with Gasteiger partial charge in [0.1, 0.15) is 5.75 Å². The summed E-state index contributed by atoms with van der Waals surface area (Å²) in [6, 6.07) is 1.85. The topological polar surface area (TPSA) is 97.6 Å². The Morgan fingerprint density at radius 3 is 2.64 bits per heavy atom.